The summed E-state index contributed by atoms with van der Waals surface area (Å²) in [6, 6.07) is -0.993. The van der Waals surface area contributed by atoms with Gasteiger partial charge in [0, 0.05) is 13.1 Å². The van der Waals surface area contributed by atoms with Crippen LogP contribution in [0.2, 0.25) is 0 Å². The number of hydrogen-bond acceptors (Lipinski definition) is 7. The van der Waals surface area contributed by atoms with Gasteiger partial charge in [0.15, 0.2) is 5.78 Å². The van der Waals surface area contributed by atoms with Crippen LogP contribution in [0, 0.1) is 0 Å². The van der Waals surface area contributed by atoms with Crippen LogP contribution in [0.15, 0.2) is 0 Å². The zero-order valence-corrected chi connectivity index (χ0v) is 14.7. The zero-order chi connectivity index (χ0) is 17.8. The van der Waals surface area contributed by atoms with Gasteiger partial charge in [0.2, 0.25) is 0 Å². The first-order valence-corrected chi connectivity index (χ1v) is 8.03. The molecular weight excluding hydrogens is 300 g/mol. The van der Waals surface area contributed by atoms with Gasteiger partial charge in [0.1, 0.15) is 5.60 Å². The zero-order valence-electron chi connectivity index (χ0n) is 14.7. The molecule has 0 radical (unpaired) electrons. The van der Waals surface area contributed by atoms with Gasteiger partial charge in [-0.15, -0.1) is 0 Å². The molecule has 0 aromatic rings. The molecule has 0 aromatic heterocycles. The maximum Gasteiger partial charge on any atom is 0.346 e. The predicted molar refractivity (Wildman–Crippen MR) is 84.7 cm³/mol. The summed E-state index contributed by atoms with van der Waals surface area (Å²) < 4.78 is 10.5. The maximum absolute atomic E-state index is 12.9. The Labute approximate surface area is 137 Å². The maximum atomic E-state index is 12.9. The fourth-order valence-electron chi connectivity index (χ4n) is 2.67. The summed E-state index contributed by atoms with van der Waals surface area (Å²) in [6.07, 6.45) is 1.58. The molecule has 7 heteroatoms. The molecule has 0 aromatic carbocycles. The Hall–Kier alpha value is -1.47. The normalized spacial score (nSPS) is 19.7. The molecule has 1 saturated heterocycles. The third-order valence-electron chi connectivity index (χ3n) is 3.62. The second-order valence-electron chi connectivity index (χ2n) is 6.78. The largest absolute Gasteiger partial charge is 0.464 e. The van der Waals surface area contributed by atoms with Crippen LogP contribution in [-0.4, -0.2) is 59.5 Å². The quantitative estimate of drug-likeness (QED) is 0.564. The third kappa shape index (κ3) is 4.09. The Morgan fingerprint density at radius 3 is 2.04 bits per heavy atom. The van der Waals surface area contributed by atoms with E-state index in [1.165, 1.54) is 6.92 Å². The van der Waals surface area contributed by atoms with Gasteiger partial charge in [-0.2, -0.15) is 0 Å². The van der Waals surface area contributed by atoms with Crippen molar-refractivity contribution >= 4 is 17.7 Å². The van der Waals surface area contributed by atoms with Crippen molar-refractivity contribution in [1.29, 1.82) is 0 Å². The van der Waals surface area contributed by atoms with Crippen molar-refractivity contribution in [2.75, 3.05) is 19.7 Å². The summed E-state index contributed by atoms with van der Waals surface area (Å²) >= 11 is 0. The fourth-order valence-corrected chi connectivity index (χ4v) is 2.67. The van der Waals surface area contributed by atoms with Crippen LogP contribution in [0.4, 0.5) is 0 Å². The Bertz CT molecular complexity index is 464. The molecule has 0 aliphatic carbocycles. The lowest BCUT2D eigenvalue weighted by Gasteiger charge is -2.38. The summed E-state index contributed by atoms with van der Waals surface area (Å²) in [4.78, 5) is 39.9. The monoisotopic (exact) mass is 328 g/mol. The minimum absolute atomic E-state index is 0.0590. The first-order chi connectivity index (χ1) is 10.6. The number of rotatable bonds is 6. The van der Waals surface area contributed by atoms with E-state index in [0.29, 0.717) is 13.1 Å². The number of ketones is 1. The smallest absolute Gasteiger partial charge is 0.346 e. The molecule has 132 valence electrons. The highest BCUT2D eigenvalue weighted by Gasteiger charge is 2.61. The first kappa shape index (κ1) is 19.6. The number of carbonyl (C=O) groups is 3. The average molecular weight is 328 g/mol. The van der Waals surface area contributed by atoms with Gasteiger partial charge in [0.25, 0.3) is 5.54 Å². The topological polar surface area (TPSA) is 98.9 Å². The number of nitrogens with zero attached hydrogens (tertiary/aromatic N) is 1. The molecule has 1 unspecified atom stereocenters. The number of Topliss-reactive ketones (excluding diaryl/α,β-unsaturated/α-hetero) is 1. The lowest BCUT2D eigenvalue weighted by Crippen LogP contribution is -2.69. The van der Waals surface area contributed by atoms with E-state index in [4.69, 9.17) is 15.2 Å². The third-order valence-corrected chi connectivity index (χ3v) is 3.62. The van der Waals surface area contributed by atoms with Gasteiger partial charge in [-0.25, -0.2) is 9.59 Å². The first-order valence-electron chi connectivity index (χ1n) is 8.03. The molecule has 23 heavy (non-hydrogen) atoms. The molecule has 1 rings (SSSR count). The number of nitrogens with two attached hydrogens (primary N) is 1. The molecule has 1 heterocycles. The molecular formula is C16H28N2O5. The molecule has 0 amide bonds. The average Bonchev–Trinajstić information content (AvgIpc) is 2.91. The van der Waals surface area contributed by atoms with Crippen molar-refractivity contribution < 1.29 is 23.9 Å². The van der Waals surface area contributed by atoms with Crippen LogP contribution < -0.4 is 5.73 Å². The molecule has 0 spiro atoms. The van der Waals surface area contributed by atoms with Crippen molar-refractivity contribution in [2.45, 2.75) is 64.6 Å². The number of esters is 2. The molecule has 2 atom stereocenters. The van der Waals surface area contributed by atoms with Crippen LogP contribution in [0.25, 0.3) is 0 Å². The Balaban J connectivity index is 3.41. The van der Waals surface area contributed by atoms with Crippen molar-refractivity contribution in [3.63, 3.8) is 0 Å². The van der Waals surface area contributed by atoms with Gasteiger partial charge >= 0.3 is 11.9 Å². The highest BCUT2D eigenvalue weighted by atomic mass is 16.6. The Kier molecular flexibility index (Phi) is 6.30. The molecule has 1 fully saturated rings. The molecule has 7 nitrogen and oxygen atoms in total. The minimum atomic E-state index is -2.12. The number of ether oxygens (including phenoxy) is 2. The van der Waals surface area contributed by atoms with Gasteiger partial charge in [-0.1, -0.05) is 0 Å². The van der Waals surface area contributed by atoms with E-state index in [1.54, 1.807) is 32.6 Å². The van der Waals surface area contributed by atoms with Crippen LogP contribution in [0.5, 0.6) is 0 Å². The summed E-state index contributed by atoms with van der Waals surface area (Å²) in [5.41, 5.74) is 2.78. The second kappa shape index (κ2) is 7.40. The van der Waals surface area contributed by atoms with E-state index < -0.39 is 34.9 Å². The van der Waals surface area contributed by atoms with E-state index in [1.807, 2.05) is 0 Å². The van der Waals surface area contributed by atoms with E-state index >= 15 is 0 Å². The molecule has 0 bridgehead atoms. The minimum Gasteiger partial charge on any atom is -0.464 e. The molecule has 1 aliphatic heterocycles. The Morgan fingerprint density at radius 2 is 1.65 bits per heavy atom. The van der Waals surface area contributed by atoms with Gasteiger partial charge < -0.3 is 15.2 Å². The van der Waals surface area contributed by atoms with Crippen LogP contribution >= 0.6 is 0 Å². The van der Waals surface area contributed by atoms with Crippen LogP contribution in [0.3, 0.4) is 0 Å². The van der Waals surface area contributed by atoms with E-state index in [9.17, 15) is 14.4 Å². The van der Waals surface area contributed by atoms with Gasteiger partial charge in [0.05, 0.1) is 12.6 Å². The summed E-state index contributed by atoms with van der Waals surface area (Å²) in [5.74, 6) is -2.50. The predicted octanol–water partition coefficient (Wildman–Crippen LogP) is 0.642. The van der Waals surface area contributed by atoms with Crippen molar-refractivity contribution in [1.82, 2.24) is 4.90 Å². The molecule has 1 aliphatic rings. The van der Waals surface area contributed by atoms with E-state index in [0.717, 1.165) is 12.8 Å². The van der Waals surface area contributed by atoms with E-state index in [2.05, 4.69) is 0 Å². The Morgan fingerprint density at radius 1 is 1.13 bits per heavy atom. The standard InChI is InChI=1S/C16H28N2O5/c1-6-22-13(20)16(12(19)11(2)17,18-9-7-8-10-18)14(21)23-15(3,4)5/h11H,6-10,17H2,1-5H3/t11-,16?/m0/s1. The fraction of sp³-hybridized carbons (Fsp3) is 0.812. The second-order valence-corrected chi connectivity index (χ2v) is 6.78. The summed E-state index contributed by atoms with van der Waals surface area (Å²) in [5, 5.41) is 0. The summed E-state index contributed by atoms with van der Waals surface area (Å²) in [7, 11) is 0. The number of carbonyl (C=O) groups excluding carboxylic acids is 3. The van der Waals surface area contributed by atoms with E-state index in [-0.39, 0.29) is 6.61 Å². The highest BCUT2D eigenvalue weighted by Crippen LogP contribution is 2.29. The SMILES string of the molecule is CCOC(=O)C(C(=O)OC(C)(C)C)(C(=O)[C@H](C)N)N1CCCC1. The number of likely N-dealkylation sites (tertiary alicyclic amines) is 1. The number of hydrogen-bond donors (Lipinski definition) is 1. The van der Waals surface area contributed by atoms with Gasteiger partial charge in [-0.3, -0.25) is 9.69 Å². The van der Waals surface area contributed by atoms with Crippen LogP contribution in [-0.2, 0) is 23.9 Å². The van der Waals surface area contributed by atoms with Crippen molar-refractivity contribution in [3.05, 3.63) is 0 Å². The lowest BCUT2D eigenvalue weighted by atomic mass is 9.87. The van der Waals surface area contributed by atoms with Crippen LogP contribution in [0.1, 0.15) is 47.5 Å². The van der Waals surface area contributed by atoms with Crippen molar-refractivity contribution in [3.8, 4) is 0 Å². The van der Waals surface area contributed by atoms with Crippen molar-refractivity contribution in [2.24, 2.45) is 5.73 Å². The lowest BCUT2D eigenvalue weighted by molar-refractivity contribution is -0.183. The highest BCUT2D eigenvalue weighted by molar-refractivity contribution is 6.26. The summed E-state index contributed by atoms with van der Waals surface area (Å²) in [6.45, 7) is 9.06. The van der Waals surface area contributed by atoms with Gasteiger partial charge in [-0.05, 0) is 47.5 Å². The molecule has 2 N–H and O–H groups in total. The molecule has 0 saturated carbocycles.